The molecule has 1 fully saturated rings. The van der Waals surface area contributed by atoms with Crippen molar-refractivity contribution in [1.29, 1.82) is 0 Å². The third-order valence-corrected chi connectivity index (χ3v) is 6.33. The van der Waals surface area contributed by atoms with Crippen molar-refractivity contribution in [2.24, 2.45) is 5.41 Å². The SMILES string of the molecule is COC(=O)[C@]1(Cc2nc(Br)ccc2F)CCN(Cc2cccc(Cl)c2F)[C@H](C)C1. The Bertz CT molecular complexity index is 914. The van der Waals surface area contributed by atoms with E-state index in [1.54, 1.807) is 12.1 Å². The minimum absolute atomic E-state index is 0.0450. The number of piperidine rings is 1. The molecule has 0 bridgehead atoms. The lowest BCUT2D eigenvalue weighted by molar-refractivity contribution is -0.157. The number of pyridine rings is 1. The maximum Gasteiger partial charge on any atom is 0.312 e. The standard InChI is InChI=1S/C21H22BrClF2N2O2/c1-13-10-21(20(28)29-2,11-17-16(24)6-7-18(22)26-17)8-9-27(13)12-14-4-3-5-15(23)19(14)25/h3-7,13H,8-12H2,1-2H3/t13-,21-/m1/s1. The summed E-state index contributed by atoms with van der Waals surface area (Å²) in [5.74, 6) is -1.25. The summed E-state index contributed by atoms with van der Waals surface area (Å²) in [6.07, 6.45) is 1.06. The molecule has 2 heterocycles. The molecule has 0 aliphatic carbocycles. The van der Waals surface area contributed by atoms with Gasteiger partial charge in [0.1, 0.15) is 16.2 Å². The van der Waals surface area contributed by atoms with Gasteiger partial charge in [-0.25, -0.2) is 13.8 Å². The van der Waals surface area contributed by atoms with Crippen LogP contribution in [0.3, 0.4) is 0 Å². The molecule has 2 atom stereocenters. The van der Waals surface area contributed by atoms with Crippen LogP contribution in [0.15, 0.2) is 34.9 Å². The monoisotopic (exact) mass is 486 g/mol. The first-order chi connectivity index (χ1) is 13.8. The van der Waals surface area contributed by atoms with Crippen LogP contribution in [0, 0.1) is 17.0 Å². The van der Waals surface area contributed by atoms with Gasteiger partial charge in [-0.15, -0.1) is 0 Å². The molecule has 0 saturated carbocycles. The first-order valence-electron chi connectivity index (χ1n) is 9.32. The first-order valence-corrected chi connectivity index (χ1v) is 10.5. The number of methoxy groups -OCH3 is 1. The van der Waals surface area contributed by atoms with Crippen molar-refractivity contribution in [3.63, 3.8) is 0 Å². The van der Waals surface area contributed by atoms with Gasteiger partial charge in [-0.2, -0.15) is 0 Å². The summed E-state index contributed by atoms with van der Waals surface area (Å²) < 4.78 is 34.2. The molecule has 0 unspecified atom stereocenters. The number of nitrogens with zero attached hydrogens (tertiary/aromatic N) is 2. The Kier molecular flexibility index (Phi) is 6.91. The number of halogens is 4. The van der Waals surface area contributed by atoms with Gasteiger partial charge in [0.2, 0.25) is 0 Å². The molecule has 3 rings (SSSR count). The van der Waals surface area contributed by atoms with E-state index < -0.39 is 17.0 Å². The van der Waals surface area contributed by atoms with Gasteiger partial charge >= 0.3 is 5.97 Å². The van der Waals surface area contributed by atoms with E-state index in [-0.39, 0.29) is 29.1 Å². The third-order valence-electron chi connectivity index (χ3n) is 5.60. The maximum atomic E-state index is 14.3. The van der Waals surface area contributed by atoms with E-state index in [0.717, 1.165) is 0 Å². The van der Waals surface area contributed by atoms with E-state index >= 15 is 0 Å². The molecule has 8 heteroatoms. The molecule has 0 N–H and O–H groups in total. The predicted molar refractivity (Wildman–Crippen MR) is 111 cm³/mol. The molecule has 0 spiro atoms. The van der Waals surface area contributed by atoms with Gasteiger partial charge in [0.15, 0.2) is 0 Å². The molecule has 1 aliphatic rings. The minimum Gasteiger partial charge on any atom is -0.469 e. The number of likely N-dealkylation sites (tertiary alicyclic amines) is 1. The molecule has 156 valence electrons. The highest BCUT2D eigenvalue weighted by atomic mass is 79.9. The Morgan fingerprint density at radius 1 is 1.38 bits per heavy atom. The molecular weight excluding hydrogens is 466 g/mol. The second-order valence-electron chi connectivity index (χ2n) is 7.50. The van der Waals surface area contributed by atoms with Crippen LogP contribution in [0.5, 0.6) is 0 Å². The van der Waals surface area contributed by atoms with E-state index in [1.165, 1.54) is 25.3 Å². The fourth-order valence-corrected chi connectivity index (χ4v) is 4.58. The third kappa shape index (κ3) is 4.78. The molecule has 4 nitrogen and oxygen atoms in total. The Morgan fingerprint density at radius 2 is 2.14 bits per heavy atom. The average molecular weight is 488 g/mol. The van der Waals surface area contributed by atoms with Crippen LogP contribution in [-0.2, 0) is 22.5 Å². The van der Waals surface area contributed by atoms with Gasteiger partial charge in [-0.3, -0.25) is 9.69 Å². The van der Waals surface area contributed by atoms with Crippen LogP contribution in [0.1, 0.15) is 31.0 Å². The van der Waals surface area contributed by atoms with Gasteiger partial charge in [0.05, 0.1) is 23.2 Å². The lowest BCUT2D eigenvalue weighted by Gasteiger charge is -2.44. The topological polar surface area (TPSA) is 42.4 Å². The minimum atomic E-state index is -0.883. The van der Waals surface area contributed by atoms with E-state index in [2.05, 4.69) is 25.8 Å². The van der Waals surface area contributed by atoms with Crippen LogP contribution in [0.4, 0.5) is 8.78 Å². The second kappa shape index (κ2) is 9.06. The van der Waals surface area contributed by atoms with Crippen LogP contribution in [0.25, 0.3) is 0 Å². The number of benzene rings is 1. The molecule has 1 saturated heterocycles. The summed E-state index contributed by atoms with van der Waals surface area (Å²) in [4.78, 5) is 19.0. The van der Waals surface area contributed by atoms with Crippen molar-refractivity contribution in [2.45, 2.75) is 38.8 Å². The zero-order valence-corrected chi connectivity index (χ0v) is 18.6. The molecule has 1 aromatic carbocycles. The number of ether oxygens (including phenoxy) is 1. The Balaban J connectivity index is 1.82. The second-order valence-corrected chi connectivity index (χ2v) is 8.72. The van der Waals surface area contributed by atoms with Crippen LogP contribution in [0.2, 0.25) is 5.02 Å². The van der Waals surface area contributed by atoms with Crippen LogP contribution >= 0.6 is 27.5 Å². The lowest BCUT2D eigenvalue weighted by atomic mass is 9.72. The van der Waals surface area contributed by atoms with Crippen LogP contribution < -0.4 is 0 Å². The highest BCUT2D eigenvalue weighted by molar-refractivity contribution is 9.10. The van der Waals surface area contributed by atoms with E-state index in [1.807, 2.05) is 6.92 Å². The largest absolute Gasteiger partial charge is 0.469 e. The van der Waals surface area contributed by atoms with Gasteiger partial charge in [0, 0.05) is 24.6 Å². The quantitative estimate of drug-likeness (QED) is 0.431. The number of hydrogen-bond acceptors (Lipinski definition) is 4. The number of carbonyl (C=O) groups excluding carboxylic acids is 1. The highest BCUT2D eigenvalue weighted by Crippen LogP contribution is 2.40. The highest BCUT2D eigenvalue weighted by Gasteiger charge is 2.46. The smallest absolute Gasteiger partial charge is 0.312 e. The van der Waals surface area contributed by atoms with E-state index in [0.29, 0.717) is 36.1 Å². The summed E-state index contributed by atoms with van der Waals surface area (Å²) in [6.45, 7) is 2.90. The van der Waals surface area contributed by atoms with Gasteiger partial charge < -0.3 is 4.74 Å². The lowest BCUT2D eigenvalue weighted by Crippen LogP contribution is -2.50. The molecule has 29 heavy (non-hydrogen) atoms. The number of esters is 1. The predicted octanol–water partition coefficient (Wildman–Crippen LogP) is 5.16. The Morgan fingerprint density at radius 3 is 2.83 bits per heavy atom. The normalized spacial score (nSPS) is 22.5. The van der Waals surface area contributed by atoms with E-state index in [4.69, 9.17) is 16.3 Å². The summed E-state index contributed by atoms with van der Waals surface area (Å²) in [5.41, 5.74) is -0.146. The fraction of sp³-hybridized carbons (Fsp3) is 0.429. The zero-order valence-electron chi connectivity index (χ0n) is 16.2. The summed E-state index contributed by atoms with van der Waals surface area (Å²) >= 11 is 9.15. The Hall–Kier alpha value is -1.57. The van der Waals surface area contributed by atoms with Crippen molar-refractivity contribution in [3.8, 4) is 0 Å². The average Bonchev–Trinajstić information content (AvgIpc) is 2.69. The molecule has 2 aromatic rings. The van der Waals surface area contributed by atoms with Gasteiger partial charge in [-0.1, -0.05) is 23.7 Å². The van der Waals surface area contributed by atoms with Crippen LogP contribution in [-0.4, -0.2) is 35.5 Å². The zero-order chi connectivity index (χ0) is 21.2. The van der Waals surface area contributed by atoms with Crippen molar-refractivity contribution < 1.29 is 18.3 Å². The molecule has 0 radical (unpaired) electrons. The number of carbonyl (C=O) groups is 1. The summed E-state index contributed by atoms with van der Waals surface area (Å²) in [7, 11) is 1.34. The van der Waals surface area contributed by atoms with Crippen molar-refractivity contribution in [3.05, 3.63) is 62.8 Å². The van der Waals surface area contributed by atoms with Crippen molar-refractivity contribution >= 4 is 33.5 Å². The maximum absolute atomic E-state index is 14.3. The van der Waals surface area contributed by atoms with Gasteiger partial charge in [-0.05, 0) is 60.4 Å². The Labute approximate surface area is 182 Å². The molecule has 1 aromatic heterocycles. The van der Waals surface area contributed by atoms with Crippen molar-refractivity contribution in [2.75, 3.05) is 13.7 Å². The molecule has 1 aliphatic heterocycles. The summed E-state index contributed by atoms with van der Waals surface area (Å²) in [5, 5.41) is 0.0901. The number of rotatable bonds is 5. The summed E-state index contributed by atoms with van der Waals surface area (Å²) in [6, 6.07) is 7.75. The molecule has 0 amide bonds. The number of hydrogen-bond donors (Lipinski definition) is 0. The first kappa shape index (κ1) is 22.1. The van der Waals surface area contributed by atoms with Crippen molar-refractivity contribution in [1.82, 2.24) is 9.88 Å². The van der Waals surface area contributed by atoms with E-state index in [9.17, 15) is 13.6 Å². The fourth-order valence-electron chi connectivity index (χ4n) is 4.04. The number of aromatic nitrogens is 1. The van der Waals surface area contributed by atoms with Gasteiger partial charge in [0.25, 0.3) is 0 Å². The molecular formula is C21H22BrClF2N2O2.